The minimum absolute atomic E-state index is 0.0432. The third kappa shape index (κ3) is 3.06. The topological polar surface area (TPSA) is 40.6 Å². The number of nitrogens with zero attached hydrogens (tertiary/aromatic N) is 2. The fraction of sp³-hybridized carbons (Fsp3) is 0.440. The summed E-state index contributed by atoms with van der Waals surface area (Å²) in [5, 5.41) is 0. The first-order chi connectivity index (χ1) is 14.0. The van der Waals surface area contributed by atoms with Gasteiger partial charge in [0.1, 0.15) is 0 Å². The van der Waals surface area contributed by atoms with E-state index in [4.69, 9.17) is 0 Å². The molecule has 2 saturated heterocycles. The average molecular weight is 389 g/mol. The minimum atomic E-state index is 0.0432. The van der Waals surface area contributed by atoms with Gasteiger partial charge in [-0.25, -0.2) is 0 Å². The molecule has 2 aliphatic heterocycles. The van der Waals surface area contributed by atoms with Gasteiger partial charge >= 0.3 is 0 Å². The summed E-state index contributed by atoms with van der Waals surface area (Å²) in [6.45, 7) is 6.08. The third-order valence-corrected chi connectivity index (χ3v) is 7.30. The fourth-order valence-electron chi connectivity index (χ4n) is 5.81. The smallest absolute Gasteiger partial charge is 0.226 e. The van der Waals surface area contributed by atoms with Crippen LogP contribution in [0.15, 0.2) is 48.5 Å². The first-order valence-electron chi connectivity index (χ1n) is 10.7. The van der Waals surface area contributed by atoms with Crippen LogP contribution in [0.25, 0.3) is 0 Å². The van der Waals surface area contributed by atoms with Crippen molar-refractivity contribution in [3.05, 3.63) is 70.8 Å². The number of fused-ring (bicyclic) bond motifs is 2. The van der Waals surface area contributed by atoms with Crippen LogP contribution >= 0.6 is 0 Å². The van der Waals surface area contributed by atoms with Gasteiger partial charge in [-0.2, -0.15) is 0 Å². The standard InChI is InChI=1S/C25H28N2O2/c1-16-7-3-6-10-22(16)24-23-15-26(17(2)28)13-21(23)14-27(24)25(29)20-11-18-8-4-5-9-19(18)12-20/h3-10,20-21,23-24H,11-15H2,1-2H3/t21-,23-,24+/m0/s1. The van der Waals surface area contributed by atoms with Gasteiger partial charge in [-0.1, -0.05) is 48.5 Å². The Hall–Kier alpha value is -2.62. The van der Waals surface area contributed by atoms with Crippen molar-refractivity contribution >= 4 is 11.8 Å². The molecule has 0 aromatic heterocycles. The molecule has 3 atom stereocenters. The quantitative estimate of drug-likeness (QED) is 0.791. The normalized spacial score (nSPS) is 25.9. The monoisotopic (exact) mass is 388 g/mol. The number of carbonyl (C=O) groups is 2. The Morgan fingerprint density at radius 1 is 0.897 bits per heavy atom. The van der Waals surface area contributed by atoms with E-state index >= 15 is 0 Å². The van der Waals surface area contributed by atoms with E-state index in [0.29, 0.717) is 17.7 Å². The Morgan fingerprint density at radius 2 is 1.55 bits per heavy atom. The Morgan fingerprint density at radius 3 is 2.21 bits per heavy atom. The summed E-state index contributed by atoms with van der Waals surface area (Å²) >= 11 is 0. The summed E-state index contributed by atoms with van der Waals surface area (Å²) in [7, 11) is 0. The van der Waals surface area contributed by atoms with E-state index in [0.717, 1.165) is 32.5 Å². The number of hydrogen-bond donors (Lipinski definition) is 0. The van der Waals surface area contributed by atoms with Gasteiger partial charge < -0.3 is 9.80 Å². The second-order valence-corrected chi connectivity index (χ2v) is 9.01. The van der Waals surface area contributed by atoms with Crippen LogP contribution in [0, 0.1) is 24.7 Å². The van der Waals surface area contributed by atoms with Crippen LogP contribution in [0.2, 0.25) is 0 Å². The molecule has 5 rings (SSSR count). The van der Waals surface area contributed by atoms with Gasteiger partial charge in [-0.05, 0) is 42.0 Å². The zero-order valence-electron chi connectivity index (χ0n) is 17.2. The summed E-state index contributed by atoms with van der Waals surface area (Å²) in [5.74, 6) is 1.18. The maximum atomic E-state index is 13.7. The maximum Gasteiger partial charge on any atom is 0.226 e. The number of amides is 2. The van der Waals surface area contributed by atoms with E-state index in [1.807, 2.05) is 4.90 Å². The Kier molecular flexibility index (Phi) is 4.45. The van der Waals surface area contributed by atoms with E-state index in [1.54, 1.807) is 6.92 Å². The van der Waals surface area contributed by atoms with E-state index < -0.39 is 0 Å². The van der Waals surface area contributed by atoms with E-state index in [1.165, 1.54) is 22.3 Å². The van der Waals surface area contributed by atoms with E-state index in [2.05, 4.69) is 60.4 Å². The molecule has 0 spiro atoms. The van der Waals surface area contributed by atoms with Crippen molar-refractivity contribution in [1.29, 1.82) is 0 Å². The average Bonchev–Trinajstić information content (AvgIpc) is 3.40. The highest BCUT2D eigenvalue weighted by atomic mass is 16.2. The first-order valence-corrected chi connectivity index (χ1v) is 10.7. The predicted octanol–water partition coefficient (Wildman–Crippen LogP) is 3.39. The van der Waals surface area contributed by atoms with Crippen LogP contribution in [-0.4, -0.2) is 41.2 Å². The van der Waals surface area contributed by atoms with Crippen molar-refractivity contribution in [3.63, 3.8) is 0 Å². The highest BCUT2D eigenvalue weighted by Gasteiger charge is 2.51. The summed E-state index contributed by atoms with van der Waals surface area (Å²) in [4.78, 5) is 29.8. The van der Waals surface area contributed by atoms with Crippen LogP contribution in [0.4, 0.5) is 0 Å². The minimum Gasteiger partial charge on any atom is -0.342 e. The van der Waals surface area contributed by atoms with Crippen LogP contribution in [0.1, 0.15) is 35.2 Å². The van der Waals surface area contributed by atoms with Gasteiger partial charge in [0.15, 0.2) is 0 Å². The largest absolute Gasteiger partial charge is 0.342 e. The molecule has 0 unspecified atom stereocenters. The molecule has 2 amide bonds. The molecule has 0 N–H and O–H groups in total. The molecule has 4 nitrogen and oxygen atoms in total. The van der Waals surface area contributed by atoms with Crippen molar-refractivity contribution in [2.24, 2.45) is 17.8 Å². The summed E-state index contributed by atoms with van der Waals surface area (Å²) in [6.07, 6.45) is 1.70. The van der Waals surface area contributed by atoms with Gasteiger partial charge in [-0.3, -0.25) is 9.59 Å². The predicted molar refractivity (Wildman–Crippen MR) is 112 cm³/mol. The van der Waals surface area contributed by atoms with Crippen LogP contribution in [-0.2, 0) is 22.4 Å². The Bertz CT molecular complexity index is 944. The number of likely N-dealkylation sites (tertiary alicyclic amines) is 2. The number of rotatable bonds is 2. The number of hydrogen-bond acceptors (Lipinski definition) is 2. The second-order valence-electron chi connectivity index (χ2n) is 9.01. The molecular formula is C25H28N2O2. The van der Waals surface area contributed by atoms with Crippen molar-refractivity contribution in [3.8, 4) is 0 Å². The number of carbonyl (C=O) groups excluding carboxylic acids is 2. The lowest BCUT2D eigenvalue weighted by Gasteiger charge is -2.32. The molecule has 3 aliphatic rings. The molecule has 0 radical (unpaired) electrons. The highest BCUT2D eigenvalue weighted by Crippen LogP contribution is 2.47. The maximum absolute atomic E-state index is 13.7. The molecule has 2 heterocycles. The van der Waals surface area contributed by atoms with Crippen LogP contribution in [0.3, 0.4) is 0 Å². The molecule has 150 valence electrons. The molecule has 2 aromatic carbocycles. The second kappa shape index (κ2) is 7.01. The zero-order chi connectivity index (χ0) is 20.1. The summed E-state index contributed by atoms with van der Waals surface area (Å²) < 4.78 is 0. The van der Waals surface area contributed by atoms with Crippen molar-refractivity contribution in [2.75, 3.05) is 19.6 Å². The van der Waals surface area contributed by atoms with Crippen LogP contribution < -0.4 is 0 Å². The summed E-state index contributed by atoms with van der Waals surface area (Å²) in [6, 6.07) is 17.0. The van der Waals surface area contributed by atoms with Crippen molar-refractivity contribution in [1.82, 2.24) is 9.80 Å². The molecule has 2 fully saturated rings. The molecule has 2 aromatic rings. The summed E-state index contributed by atoms with van der Waals surface area (Å²) in [5.41, 5.74) is 5.11. The Labute approximate surface area is 172 Å². The van der Waals surface area contributed by atoms with Gasteiger partial charge in [0.05, 0.1) is 6.04 Å². The highest BCUT2D eigenvalue weighted by molar-refractivity contribution is 5.82. The molecule has 4 heteroatoms. The number of aryl methyl sites for hydroxylation is 1. The van der Waals surface area contributed by atoms with Gasteiger partial charge in [0, 0.05) is 44.3 Å². The molecule has 0 saturated carbocycles. The zero-order valence-corrected chi connectivity index (χ0v) is 17.2. The van der Waals surface area contributed by atoms with E-state index in [-0.39, 0.29) is 17.9 Å². The van der Waals surface area contributed by atoms with Gasteiger partial charge in [-0.15, -0.1) is 0 Å². The molecule has 29 heavy (non-hydrogen) atoms. The molecule has 1 aliphatic carbocycles. The Balaban J connectivity index is 1.45. The fourth-order valence-corrected chi connectivity index (χ4v) is 5.81. The molecular weight excluding hydrogens is 360 g/mol. The SMILES string of the molecule is CC(=O)N1C[C@H]2CN(C(=O)C3Cc4ccccc4C3)[C@H](c3ccccc3C)[C@H]2C1. The van der Waals surface area contributed by atoms with Crippen LogP contribution in [0.5, 0.6) is 0 Å². The lowest BCUT2D eigenvalue weighted by atomic mass is 9.87. The third-order valence-electron chi connectivity index (χ3n) is 7.30. The van der Waals surface area contributed by atoms with Gasteiger partial charge in [0.25, 0.3) is 0 Å². The number of benzene rings is 2. The lowest BCUT2D eigenvalue weighted by molar-refractivity contribution is -0.137. The van der Waals surface area contributed by atoms with Crippen molar-refractivity contribution < 1.29 is 9.59 Å². The first kappa shape index (κ1) is 18.4. The van der Waals surface area contributed by atoms with Gasteiger partial charge in [0.2, 0.25) is 11.8 Å². The molecule has 0 bridgehead atoms. The van der Waals surface area contributed by atoms with Crippen molar-refractivity contribution in [2.45, 2.75) is 32.7 Å². The van der Waals surface area contributed by atoms with E-state index in [9.17, 15) is 9.59 Å². The lowest BCUT2D eigenvalue weighted by Crippen LogP contribution is -2.40.